The van der Waals surface area contributed by atoms with E-state index in [2.05, 4.69) is 10.3 Å². The molecule has 1 heterocycles. The minimum absolute atomic E-state index is 0.0757. The molecule has 0 bridgehead atoms. The van der Waals surface area contributed by atoms with Gasteiger partial charge in [-0.25, -0.2) is 0 Å². The van der Waals surface area contributed by atoms with Gasteiger partial charge in [0, 0.05) is 29.4 Å². The number of H-pyrrole nitrogens is 1. The van der Waals surface area contributed by atoms with Crippen molar-refractivity contribution < 1.29 is 4.79 Å². The number of aromatic nitrogens is 1. The molecule has 0 aliphatic heterocycles. The Morgan fingerprint density at radius 3 is 2.74 bits per heavy atom. The third kappa shape index (κ3) is 2.96. The van der Waals surface area contributed by atoms with Gasteiger partial charge in [0.2, 0.25) is 0 Å². The summed E-state index contributed by atoms with van der Waals surface area (Å²) in [5.41, 5.74) is 7.49. The van der Waals surface area contributed by atoms with Crippen molar-refractivity contribution in [3.05, 3.63) is 36.0 Å². The maximum Gasteiger partial charge on any atom is 0.251 e. The maximum atomic E-state index is 12.1. The molecule has 1 amide bonds. The third-order valence-corrected chi connectivity index (χ3v) is 3.83. The maximum absolute atomic E-state index is 12.1. The number of amides is 1. The number of nitrogens with two attached hydrogens (primary N) is 1. The zero-order valence-corrected chi connectivity index (χ0v) is 11.5. The molecule has 1 aromatic heterocycles. The SMILES string of the molecule is CCC(N)(CC)CNC(=O)c1ccc2cc[nH]c2c1. The average molecular weight is 259 g/mol. The third-order valence-electron chi connectivity index (χ3n) is 3.83. The normalized spacial score (nSPS) is 11.7. The van der Waals surface area contributed by atoms with Crippen molar-refractivity contribution in [3.63, 3.8) is 0 Å². The first-order valence-corrected chi connectivity index (χ1v) is 6.72. The Kier molecular flexibility index (Phi) is 3.90. The molecule has 19 heavy (non-hydrogen) atoms. The van der Waals surface area contributed by atoms with Crippen LogP contribution in [0.5, 0.6) is 0 Å². The van der Waals surface area contributed by atoms with Crippen molar-refractivity contribution >= 4 is 16.8 Å². The lowest BCUT2D eigenvalue weighted by Gasteiger charge is -2.26. The minimum atomic E-state index is -0.313. The van der Waals surface area contributed by atoms with E-state index in [0.717, 1.165) is 23.7 Å². The zero-order chi connectivity index (χ0) is 13.9. The highest BCUT2D eigenvalue weighted by atomic mass is 16.1. The largest absolute Gasteiger partial charge is 0.361 e. The van der Waals surface area contributed by atoms with Gasteiger partial charge in [-0.2, -0.15) is 0 Å². The molecule has 4 heteroatoms. The quantitative estimate of drug-likeness (QED) is 0.771. The number of rotatable bonds is 5. The summed E-state index contributed by atoms with van der Waals surface area (Å²) in [6, 6.07) is 7.62. The van der Waals surface area contributed by atoms with Crippen molar-refractivity contribution in [2.24, 2.45) is 5.73 Å². The van der Waals surface area contributed by atoms with Gasteiger partial charge in [0.1, 0.15) is 0 Å². The molecule has 4 N–H and O–H groups in total. The van der Waals surface area contributed by atoms with E-state index in [-0.39, 0.29) is 11.4 Å². The van der Waals surface area contributed by atoms with Crippen LogP contribution in [0.2, 0.25) is 0 Å². The van der Waals surface area contributed by atoms with Crippen LogP contribution >= 0.6 is 0 Å². The summed E-state index contributed by atoms with van der Waals surface area (Å²) in [5.74, 6) is -0.0757. The molecule has 2 aromatic rings. The lowest BCUT2D eigenvalue weighted by molar-refractivity contribution is 0.0942. The summed E-state index contributed by atoms with van der Waals surface area (Å²) in [6.07, 6.45) is 3.56. The van der Waals surface area contributed by atoms with E-state index in [1.54, 1.807) is 0 Å². The number of benzene rings is 1. The predicted octanol–water partition coefficient (Wildman–Crippen LogP) is 2.42. The van der Waals surface area contributed by atoms with Gasteiger partial charge in [-0.15, -0.1) is 0 Å². The summed E-state index contributed by atoms with van der Waals surface area (Å²) in [5, 5.41) is 4.02. The Balaban J connectivity index is 2.07. The highest BCUT2D eigenvalue weighted by Crippen LogP contribution is 2.15. The Morgan fingerprint density at radius 2 is 2.05 bits per heavy atom. The number of fused-ring (bicyclic) bond motifs is 1. The van der Waals surface area contributed by atoms with Gasteiger partial charge in [-0.3, -0.25) is 4.79 Å². The first-order valence-electron chi connectivity index (χ1n) is 6.72. The summed E-state index contributed by atoms with van der Waals surface area (Å²) >= 11 is 0. The second-order valence-corrected chi connectivity index (χ2v) is 5.03. The van der Waals surface area contributed by atoms with E-state index in [0.29, 0.717) is 12.1 Å². The number of nitrogens with one attached hydrogen (secondary N) is 2. The van der Waals surface area contributed by atoms with Crippen LogP contribution in [0.4, 0.5) is 0 Å². The Bertz CT molecular complexity index is 570. The van der Waals surface area contributed by atoms with Crippen LogP contribution in [0.1, 0.15) is 37.0 Å². The molecular formula is C15H21N3O. The average Bonchev–Trinajstić information content (AvgIpc) is 2.91. The molecule has 0 spiro atoms. The van der Waals surface area contributed by atoms with E-state index in [4.69, 9.17) is 5.73 Å². The minimum Gasteiger partial charge on any atom is -0.361 e. The van der Waals surface area contributed by atoms with Gasteiger partial charge in [-0.1, -0.05) is 19.9 Å². The van der Waals surface area contributed by atoms with Crippen LogP contribution < -0.4 is 11.1 Å². The van der Waals surface area contributed by atoms with E-state index in [1.165, 1.54) is 0 Å². The summed E-state index contributed by atoms with van der Waals surface area (Å²) in [4.78, 5) is 15.2. The Labute approximate surface area is 113 Å². The van der Waals surface area contributed by atoms with Crippen molar-refractivity contribution in [2.45, 2.75) is 32.2 Å². The summed E-state index contributed by atoms with van der Waals surface area (Å²) < 4.78 is 0. The van der Waals surface area contributed by atoms with Crippen molar-refractivity contribution in [1.29, 1.82) is 0 Å². The smallest absolute Gasteiger partial charge is 0.251 e. The molecule has 0 unspecified atom stereocenters. The Hall–Kier alpha value is -1.81. The van der Waals surface area contributed by atoms with Crippen molar-refractivity contribution in [2.75, 3.05) is 6.54 Å². The van der Waals surface area contributed by atoms with Gasteiger partial charge < -0.3 is 16.0 Å². The van der Waals surface area contributed by atoms with Crippen LogP contribution in [0.3, 0.4) is 0 Å². The molecule has 1 aromatic carbocycles. The fraction of sp³-hybridized carbons (Fsp3) is 0.400. The number of carbonyl (C=O) groups excluding carboxylic acids is 1. The second kappa shape index (κ2) is 5.45. The van der Waals surface area contributed by atoms with E-state index in [9.17, 15) is 4.79 Å². The molecule has 0 aliphatic carbocycles. The lowest BCUT2D eigenvalue weighted by atomic mass is 9.94. The van der Waals surface area contributed by atoms with E-state index >= 15 is 0 Å². The number of carbonyl (C=O) groups is 1. The predicted molar refractivity (Wildman–Crippen MR) is 78.1 cm³/mol. The molecule has 102 valence electrons. The fourth-order valence-corrected chi connectivity index (χ4v) is 2.05. The molecule has 0 aliphatic rings. The molecular weight excluding hydrogens is 238 g/mol. The fourth-order valence-electron chi connectivity index (χ4n) is 2.05. The molecule has 0 saturated carbocycles. The van der Waals surface area contributed by atoms with Crippen LogP contribution in [0, 0.1) is 0 Å². The molecule has 0 fully saturated rings. The Morgan fingerprint density at radius 1 is 1.32 bits per heavy atom. The van der Waals surface area contributed by atoms with Gasteiger partial charge >= 0.3 is 0 Å². The first kappa shape index (κ1) is 13.6. The van der Waals surface area contributed by atoms with Crippen molar-refractivity contribution in [1.82, 2.24) is 10.3 Å². The van der Waals surface area contributed by atoms with Crippen LogP contribution in [0.25, 0.3) is 10.9 Å². The second-order valence-electron chi connectivity index (χ2n) is 5.03. The monoisotopic (exact) mass is 259 g/mol. The first-order chi connectivity index (χ1) is 9.08. The highest BCUT2D eigenvalue weighted by Gasteiger charge is 2.21. The van der Waals surface area contributed by atoms with Gasteiger partial charge in [0.15, 0.2) is 0 Å². The highest BCUT2D eigenvalue weighted by molar-refractivity contribution is 5.97. The molecule has 0 saturated heterocycles. The summed E-state index contributed by atoms with van der Waals surface area (Å²) in [7, 11) is 0. The number of hydrogen-bond acceptors (Lipinski definition) is 2. The van der Waals surface area contributed by atoms with Crippen LogP contribution in [0.15, 0.2) is 30.5 Å². The number of aromatic amines is 1. The van der Waals surface area contributed by atoms with E-state index in [1.807, 2.05) is 44.3 Å². The standard InChI is InChI=1S/C15H21N3O/c1-3-15(16,4-2)10-18-14(19)12-6-5-11-7-8-17-13(11)9-12/h5-9,17H,3-4,10,16H2,1-2H3,(H,18,19). The summed E-state index contributed by atoms with van der Waals surface area (Å²) in [6.45, 7) is 4.59. The zero-order valence-electron chi connectivity index (χ0n) is 11.5. The molecule has 0 radical (unpaired) electrons. The molecule has 2 rings (SSSR count). The van der Waals surface area contributed by atoms with Crippen LogP contribution in [-0.4, -0.2) is 23.0 Å². The van der Waals surface area contributed by atoms with E-state index < -0.39 is 0 Å². The van der Waals surface area contributed by atoms with Gasteiger partial charge in [0.25, 0.3) is 5.91 Å². The van der Waals surface area contributed by atoms with Crippen molar-refractivity contribution in [3.8, 4) is 0 Å². The van der Waals surface area contributed by atoms with Crippen LogP contribution in [-0.2, 0) is 0 Å². The topological polar surface area (TPSA) is 70.9 Å². The number of hydrogen-bond donors (Lipinski definition) is 3. The lowest BCUT2D eigenvalue weighted by Crippen LogP contribution is -2.49. The molecule has 0 atom stereocenters. The molecule has 4 nitrogen and oxygen atoms in total. The van der Waals surface area contributed by atoms with Gasteiger partial charge in [0.05, 0.1) is 0 Å². The van der Waals surface area contributed by atoms with Gasteiger partial charge in [-0.05, 0) is 36.4 Å².